The van der Waals surface area contributed by atoms with Gasteiger partial charge in [0.05, 0.1) is 13.2 Å². The van der Waals surface area contributed by atoms with Gasteiger partial charge in [-0.1, -0.05) is 105 Å². The van der Waals surface area contributed by atoms with Crippen molar-refractivity contribution in [3.05, 3.63) is 127 Å². The third-order valence-electron chi connectivity index (χ3n) is 11.8. The SMILES string of the molecule is CC(=O)Oc1c(C)c(C/C=C(\C)CC/C=C(\C)CC/C=C(\C)CC/C=C(\C)CC/C=C(\C)CC/C=C(\C)CC/C=C(\C)CC/C=C(\C)CCC=C(C)C)c(OC(C)=O)c(CO)c1CO. The van der Waals surface area contributed by atoms with Crippen molar-refractivity contribution in [1.29, 1.82) is 0 Å². The lowest BCUT2D eigenvalue weighted by Crippen LogP contribution is -2.14. The molecule has 0 aliphatic carbocycles. The molecule has 0 heterocycles. The highest BCUT2D eigenvalue weighted by atomic mass is 16.5. The van der Waals surface area contributed by atoms with E-state index in [1.54, 1.807) is 6.92 Å². The molecule has 1 aromatic rings. The number of hydrogen-bond donors (Lipinski definition) is 2. The minimum atomic E-state index is -0.537. The summed E-state index contributed by atoms with van der Waals surface area (Å²) in [6.45, 7) is 25.6. The lowest BCUT2D eigenvalue weighted by molar-refractivity contribution is -0.133. The zero-order valence-corrected chi connectivity index (χ0v) is 42.7. The molecular formula is C58H88O6. The fourth-order valence-electron chi connectivity index (χ4n) is 7.62. The Balaban J connectivity index is 2.49. The molecular weight excluding hydrogens is 793 g/mol. The molecule has 64 heavy (non-hydrogen) atoms. The first-order chi connectivity index (χ1) is 30.4. The molecule has 356 valence electrons. The van der Waals surface area contributed by atoms with Crippen LogP contribution >= 0.6 is 0 Å². The Kier molecular flexibility index (Phi) is 30.0. The quantitative estimate of drug-likeness (QED) is 0.0454. The van der Waals surface area contributed by atoms with Crippen molar-refractivity contribution in [2.75, 3.05) is 0 Å². The van der Waals surface area contributed by atoms with E-state index in [2.05, 4.69) is 124 Å². The minimum absolute atomic E-state index is 0.199. The second-order valence-electron chi connectivity index (χ2n) is 18.4. The number of aliphatic hydroxyl groups is 2. The normalized spacial score (nSPS) is 13.7. The van der Waals surface area contributed by atoms with E-state index in [-0.39, 0.29) is 22.6 Å². The molecule has 0 amide bonds. The standard InChI is InChI=1S/C58H88O6/c1-42(2)22-14-23-43(3)24-15-25-44(4)26-16-27-45(5)28-17-29-46(6)30-18-31-47(7)32-19-33-48(8)34-20-35-49(9)36-21-37-50(10)38-39-54-51(11)57(63-52(12)61)55(40-59)56(41-60)58(54)64-53(13)62/h22,24,26,28,30,32,34,36,38,59-60H,14-21,23,25,27,29,31,33,35,37,39-41H2,1-13H3/b43-24+,44-26+,45-28+,46-30+,47-32+,48-34+,49-36+,50-38+. The summed E-state index contributed by atoms with van der Waals surface area (Å²) in [6.07, 6.45) is 39.2. The van der Waals surface area contributed by atoms with Crippen molar-refractivity contribution in [2.24, 2.45) is 0 Å². The maximum atomic E-state index is 12.0. The average molecular weight is 881 g/mol. The van der Waals surface area contributed by atoms with Crippen LogP contribution in [-0.2, 0) is 29.2 Å². The van der Waals surface area contributed by atoms with Gasteiger partial charge in [0.1, 0.15) is 11.5 Å². The number of allylic oxidation sites excluding steroid dienone is 18. The van der Waals surface area contributed by atoms with Gasteiger partial charge in [0.25, 0.3) is 0 Å². The van der Waals surface area contributed by atoms with Crippen molar-refractivity contribution >= 4 is 11.9 Å². The number of rotatable bonds is 30. The molecule has 1 aromatic carbocycles. The first kappa shape index (κ1) is 57.8. The number of esters is 2. The topological polar surface area (TPSA) is 93.1 Å². The summed E-state index contributed by atoms with van der Waals surface area (Å²) < 4.78 is 11.0. The molecule has 0 bridgehead atoms. The second-order valence-corrected chi connectivity index (χ2v) is 18.4. The van der Waals surface area contributed by atoms with E-state index in [0.717, 1.165) is 96.3 Å². The Morgan fingerprint density at radius 1 is 0.375 bits per heavy atom. The van der Waals surface area contributed by atoms with Crippen LogP contribution in [0.4, 0.5) is 0 Å². The molecule has 6 nitrogen and oxygen atoms in total. The van der Waals surface area contributed by atoms with Crippen LogP contribution in [0, 0.1) is 6.92 Å². The Bertz CT molecular complexity index is 1910. The molecule has 0 aliphatic rings. The lowest BCUT2D eigenvalue weighted by atomic mass is 9.93. The van der Waals surface area contributed by atoms with E-state index in [4.69, 9.17) is 9.47 Å². The van der Waals surface area contributed by atoms with E-state index in [9.17, 15) is 19.8 Å². The average Bonchev–Trinajstić information content (AvgIpc) is 3.21. The molecule has 1 rings (SSSR count). The number of hydrogen-bond acceptors (Lipinski definition) is 6. The van der Waals surface area contributed by atoms with Crippen molar-refractivity contribution in [1.82, 2.24) is 0 Å². The van der Waals surface area contributed by atoms with E-state index in [1.807, 2.05) is 0 Å². The smallest absolute Gasteiger partial charge is 0.308 e. The van der Waals surface area contributed by atoms with Crippen molar-refractivity contribution in [2.45, 2.75) is 212 Å². The van der Waals surface area contributed by atoms with Gasteiger partial charge in [-0.25, -0.2) is 0 Å². The van der Waals surface area contributed by atoms with Crippen molar-refractivity contribution < 1.29 is 29.3 Å². The summed E-state index contributed by atoms with van der Waals surface area (Å²) in [4.78, 5) is 23.9. The van der Waals surface area contributed by atoms with E-state index in [1.165, 1.54) is 70.4 Å². The molecule has 0 atom stereocenters. The summed E-state index contributed by atoms with van der Waals surface area (Å²) in [5.74, 6) is -0.659. The first-order valence-corrected chi connectivity index (χ1v) is 24.0. The van der Waals surface area contributed by atoms with Gasteiger partial charge in [0.2, 0.25) is 0 Å². The number of aliphatic hydroxyl groups excluding tert-OH is 2. The largest absolute Gasteiger partial charge is 0.426 e. The number of carbonyl (C=O) groups is 2. The third kappa shape index (κ3) is 25.9. The summed E-state index contributed by atoms with van der Waals surface area (Å²) in [7, 11) is 0. The van der Waals surface area contributed by atoms with Crippen LogP contribution in [0.3, 0.4) is 0 Å². The van der Waals surface area contributed by atoms with Crippen LogP contribution in [-0.4, -0.2) is 22.2 Å². The Hall–Kier alpha value is -4.26. The van der Waals surface area contributed by atoms with Crippen LogP contribution in [0.2, 0.25) is 0 Å². The zero-order chi connectivity index (χ0) is 48.0. The molecule has 0 aromatic heterocycles. The van der Waals surface area contributed by atoms with Crippen molar-refractivity contribution in [3.63, 3.8) is 0 Å². The van der Waals surface area contributed by atoms with Crippen LogP contribution in [0.5, 0.6) is 11.5 Å². The summed E-state index contributed by atoms with van der Waals surface area (Å²) in [5, 5.41) is 20.2. The van der Waals surface area contributed by atoms with Gasteiger partial charge in [0.15, 0.2) is 0 Å². The molecule has 0 saturated carbocycles. The lowest BCUT2D eigenvalue weighted by Gasteiger charge is -2.22. The molecule has 0 saturated heterocycles. The van der Waals surface area contributed by atoms with E-state index in [0.29, 0.717) is 17.5 Å². The molecule has 0 radical (unpaired) electrons. The molecule has 2 N–H and O–H groups in total. The Morgan fingerprint density at radius 3 is 0.891 bits per heavy atom. The molecule has 6 heteroatoms. The predicted molar refractivity (Wildman–Crippen MR) is 273 cm³/mol. The third-order valence-corrected chi connectivity index (χ3v) is 11.8. The molecule has 0 aliphatic heterocycles. The fourth-order valence-corrected chi connectivity index (χ4v) is 7.62. The maximum absolute atomic E-state index is 12.0. The fraction of sp³-hybridized carbons (Fsp3) is 0.552. The summed E-state index contributed by atoms with van der Waals surface area (Å²) in [5.41, 5.74) is 14.6. The van der Waals surface area contributed by atoms with Gasteiger partial charge in [0, 0.05) is 30.5 Å². The number of carbonyl (C=O) groups excluding carboxylic acids is 2. The predicted octanol–water partition coefficient (Wildman–Crippen LogP) is 16.2. The molecule has 0 fully saturated rings. The van der Waals surface area contributed by atoms with Crippen LogP contribution in [0.1, 0.15) is 208 Å². The minimum Gasteiger partial charge on any atom is -0.426 e. The van der Waals surface area contributed by atoms with Gasteiger partial charge in [-0.3, -0.25) is 9.59 Å². The summed E-state index contributed by atoms with van der Waals surface area (Å²) in [6, 6.07) is 0. The van der Waals surface area contributed by atoms with Gasteiger partial charge >= 0.3 is 11.9 Å². The highest BCUT2D eigenvalue weighted by molar-refractivity contribution is 5.75. The van der Waals surface area contributed by atoms with Gasteiger partial charge in [-0.2, -0.15) is 0 Å². The van der Waals surface area contributed by atoms with Crippen LogP contribution < -0.4 is 9.47 Å². The second kappa shape index (κ2) is 33.3. The number of ether oxygens (including phenoxy) is 2. The van der Waals surface area contributed by atoms with Crippen molar-refractivity contribution in [3.8, 4) is 11.5 Å². The number of benzene rings is 1. The molecule has 0 unspecified atom stereocenters. The zero-order valence-electron chi connectivity index (χ0n) is 42.7. The van der Waals surface area contributed by atoms with E-state index >= 15 is 0 Å². The first-order valence-electron chi connectivity index (χ1n) is 24.0. The maximum Gasteiger partial charge on any atom is 0.308 e. The Labute approximate surface area is 390 Å². The van der Waals surface area contributed by atoms with Gasteiger partial charge < -0.3 is 19.7 Å². The molecule has 0 spiro atoms. The highest BCUT2D eigenvalue weighted by Gasteiger charge is 2.25. The summed E-state index contributed by atoms with van der Waals surface area (Å²) >= 11 is 0. The van der Waals surface area contributed by atoms with Crippen LogP contribution in [0.25, 0.3) is 0 Å². The van der Waals surface area contributed by atoms with Crippen LogP contribution in [0.15, 0.2) is 105 Å². The van der Waals surface area contributed by atoms with Gasteiger partial charge in [-0.05, 0) is 191 Å². The van der Waals surface area contributed by atoms with Gasteiger partial charge in [-0.15, -0.1) is 0 Å². The Morgan fingerprint density at radius 2 is 0.625 bits per heavy atom. The highest BCUT2D eigenvalue weighted by Crippen LogP contribution is 2.40. The van der Waals surface area contributed by atoms with E-state index < -0.39 is 25.2 Å². The monoisotopic (exact) mass is 881 g/mol.